The van der Waals surface area contributed by atoms with E-state index in [2.05, 4.69) is 10.2 Å². The number of benzene rings is 1. The molecule has 2 aromatic rings. The van der Waals surface area contributed by atoms with E-state index in [1.54, 1.807) is 21.2 Å². The zero-order chi connectivity index (χ0) is 19.4. The fourth-order valence-corrected chi connectivity index (χ4v) is 4.30. The van der Waals surface area contributed by atoms with Gasteiger partial charge < -0.3 is 9.47 Å². The summed E-state index contributed by atoms with van der Waals surface area (Å²) in [5.74, 6) is 1.52. The van der Waals surface area contributed by atoms with E-state index in [0.717, 1.165) is 17.8 Å². The molecule has 1 N–H and O–H groups in total. The van der Waals surface area contributed by atoms with Gasteiger partial charge in [0.1, 0.15) is 0 Å². The SMILES string of the molecule is COc1ccccc1OCCc1cc([C@H]2CCN(S(=O)(=O)N(C)C)C2)n[nH]1. The highest BCUT2D eigenvalue weighted by Crippen LogP contribution is 2.29. The van der Waals surface area contributed by atoms with Gasteiger partial charge in [0, 0.05) is 45.2 Å². The topological polar surface area (TPSA) is 87.8 Å². The Kier molecular flexibility index (Phi) is 6.03. The van der Waals surface area contributed by atoms with Crippen LogP contribution in [-0.4, -0.2) is 68.1 Å². The molecule has 0 amide bonds. The number of ether oxygens (including phenoxy) is 2. The van der Waals surface area contributed by atoms with E-state index in [4.69, 9.17) is 9.47 Å². The third kappa shape index (κ3) is 4.42. The van der Waals surface area contributed by atoms with Crippen LogP contribution in [0.2, 0.25) is 0 Å². The second kappa shape index (κ2) is 8.28. The molecule has 1 aromatic heterocycles. The van der Waals surface area contributed by atoms with E-state index in [0.29, 0.717) is 37.6 Å². The maximum Gasteiger partial charge on any atom is 0.281 e. The van der Waals surface area contributed by atoms with Gasteiger partial charge >= 0.3 is 0 Å². The zero-order valence-electron chi connectivity index (χ0n) is 15.9. The number of methoxy groups -OCH3 is 1. The van der Waals surface area contributed by atoms with E-state index in [1.807, 2.05) is 30.3 Å². The van der Waals surface area contributed by atoms with Gasteiger partial charge in [0.15, 0.2) is 11.5 Å². The Morgan fingerprint density at radius 3 is 2.74 bits per heavy atom. The smallest absolute Gasteiger partial charge is 0.281 e. The van der Waals surface area contributed by atoms with Gasteiger partial charge in [-0.1, -0.05) is 12.1 Å². The standard InChI is InChI=1S/C18H26N4O4S/c1-21(2)27(23,24)22-10-8-14(13-22)16-12-15(19-20-16)9-11-26-18-7-5-4-6-17(18)25-3/h4-7,12,14H,8-11,13H2,1-3H3,(H,19,20)/t14-/m0/s1. The lowest BCUT2D eigenvalue weighted by atomic mass is 10.0. The third-order valence-electron chi connectivity index (χ3n) is 4.71. The fraction of sp³-hybridized carbons (Fsp3) is 0.500. The van der Waals surface area contributed by atoms with Gasteiger partial charge in [0.25, 0.3) is 10.2 Å². The molecular formula is C18H26N4O4S. The molecule has 9 heteroatoms. The average Bonchev–Trinajstić information content (AvgIpc) is 3.31. The molecule has 1 aromatic carbocycles. The fourth-order valence-electron chi connectivity index (χ4n) is 3.14. The Balaban J connectivity index is 1.55. The summed E-state index contributed by atoms with van der Waals surface area (Å²) >= 11 is 0. The third-order valence-corrected chi connectivity index (χ3v) is 6.61. The molecule has 3 rings (SSSR count). The van der Waals surface area contributed by atoms with Gasteiger partial charge in [-0.2, -0.15) is 22.1 Å². The summed E-state index contributed by atoms with van der Waals surface area (Å²) in [6.07, 6.45) is 1.45. The number of hydrogen-bond acceptors (Lipinski definition) is 5. The predicted octanol–water partition coefficient (Wildman–Crippen LogP) is 1.64. The van der Waals surface area contributed by atoms with Crippen molar-refractivity contribution in [2.45, 2.75) is 18.8 Å². The average molecular weight is 394 g/mol. The molecule has 0 radical (unpaired) electrons. The van der Waals surface area contributed by atoms with Crippen LogP contribution in [-0.2, 0) is 16.6 Å². The lowest BCUT2D eigenvalue weighted by Gasteiger charge is -2.20. The molecule has 1 aliphatic heterocycles. The van der Waals surface area contributed by atoms with Crippen LogP contribution in [0.4, 0.5) is 0 Å². The second-order valence-corrected chi connectivity index (χ2v) is 8.84. The molecule has 148 valence electrons. The molecule has 1 atom stereocenters. The van der Waals surface area contributed by atoms with Crippen molar-refractivity contribution in [2.24, 2.45) is 0 Å². The minimum Gasteiger partial charge on any atom is -0.493 e. The number of nitrogens with one attached hydrogen (secondary N) is 1. The van der Waals surface area contributed by atoms with E-state index in [-0.39, 0.29) is 5.92 Å². The normalized spacial score (nSPS) is 18.1. The largest absolute Gasteiger partial charge is 0.493 e. The molecule has 0 spiro atoms. The first-order chi connectivity index (χ1) is 12.9. The number of nitrogens with zero attached hydrogens (tertiary/aromatic N) is 3. The van der Waals surface area contributed by atoms with Crippen molar-refractivity contribution >= 4 is 10.2 Å². The molecule has 1 saturated heterocycles. The van der Waals surface area contributed by atoms with Crippen LogP contribution in [0.3, 0.4) is 0 Å². The number of hydrogen-bond donors (Lipinski definition) is 1. The van der Waals surface area contributed by atoms with Crippen molar-refractivity contribution in [1.82, 2.24) is 18.8 Å². The molecule has 1 aliphatic rings. The van der Waals surface area contributed by atoms with Crippen molar-refractivity contribution < 1.29 is 17.9 Å². The van der Waals surface area contributed by atoms with Gasteiger partial charge in [0.05, 0.1) is 19.4 Å². The molecule has 0 bridgehead atoms. The summed E-state index contributed by atoms with van der Waals surface area (Å²) in [5.41, 5.74) is 1.87. The molecule has 27 heavy (non-hydrogen) atoms. The molecule has 1 fully saturated rings. The van der Waals surface area contributed by atoms with Crippen molar-refractivity contribution in [2.75, 3.05) is 40.9 Å². The minimum atomic E-state index is -3.37. The van der Waals surface area contributed by atoms with Crippen LogP contribution in [0, 0.1) is 0 Å². The maximum atomic E-state index is 12.2. The van der Waals surface area contributed by atoms with E-state index in [9.17, 15) is 8.42 Å². The van der Waals surface area contributed by atoms with E-state index < -0.39 is 10.2 Å². The second-order valence-electron chi connectivity index (χ2n) is 6.70. The number of para-hydroxylation sites is 2. The molecular weight excluding hydrogens is 368 g/mol. The summed E-state index contributed by atoms with van der Waals surface area (Å²) < 4.78 is 38.3. The van der Waals surface area contributed by atoms with Gasteiger partial charge in [-0.15, -0.1) is 0 Å². The molecule has 8 nitrogen and oxygen atoms in total. The Morgan fingerprint density at radius 1 is 1.30 bits per heavy atom. The van der Waals surface area contributed by atoms with Crippen molar-refractivity contribution in [1.29, 1.82) is 0 Å². The van der Waals surface area contributed by atoms with Crippen LogP contribution >= 0.6 is 0 Å². The summed E-state index contributed by atoms with van der Waals surface area (Å²) in [7, 11) is 1.36. The van der Waals surface area contributed by atoms with E-state index >= 15 is 0 Å². The molecule has 0 saturated carbocycles. The van der Waals surface area contributed by atoms with Crippen LogP contribution in [0.5, 0.6) is 11.5 Å². The van der Waals surface area contributed by atoms with Crippen LogP contribution in [0.15, 0.2) is 30.3 Å². The first kappa shape index (κ1) is 19.7. The summed E-state index contributed by atoms with van der Waals surface area (Å²) in [4.78, 5) is 0. The monoisotopic (exact) mass is 394 g/mol. The highest BCUT2D eigenvalue weighted by atomic mass is 32.2. The Morgan fingerprint density at radius 2 is 2.04 bits per heavy atom. The zero-order valence-corrected chi connectivity index (χ0v) is 16.7. The van der Waals surface area contributed by atoms with Crippen LogP contribution in [0.1, 0.15) is 23.7 Å². The maximum absolute atomic E-state index is 12.2. The number of aromatic amines is 1. The predicted molar refractivity (Wildman–Crippen MR) is 102 cm³/mol. The highest BCUT2D eigenvalue weighted by Gasteiger charge is 2.34. The summed E-state index contributed by atoms with van der Waals surface area (Å²) in [6, 6.07) is 9.53. The van der Waals surface area contributed by atoms with E-state index in [1.165, 1.54) is 8.61 Å². The highest BCUT2D eigenvalue weighted by molar-refractivity contribution is 7.86. The van der Waals surface area contributed by atoms with Crippen molar-refractivity contribution in [3.63, 3.8) is 0 Å². The minimum absolute atomic E-state index is 0.111. The first-order valence-corrected chi connectivity index (χ1v) is 10.3. The molecule has 0 unspecified atom stereocenters. The molecule has 0 aliphatic carbocycles. The van der Waals surface area contributed by atoms with Gasteiger partial charge in [-0.3, -0.25) is 5.10 Å². The van der Waals surface area contributed by atoms with Crippen molar-refractivity contribution in [3.05, 3.63) is 41.7 Å². The molecule has 2 heterocycles. The number of aromatic nitrogens is 2. The number of H-pyrrole nitrogens is 1. The van der Waals surface area contributed by atoms with Crippen molar-refractivity contribution in [3.8, 4) is 11.5 Å². The number of rotatable bonds is 8. The van der Waals surface area contributed by atoms with Crippen LogP contribution < -0.4 is 9.47 Å². The first-order valence-electron chi connectivity index (χ1n) is 8.89. The Bertz CT molecular complexity index is 866. The van der Waals surface area contributed by atoms with Crippen LogP contribution in [0.25, 0.3) is 0 Å². The van der Waals surface area contributed by atoms with Gasteiger partial charge in [-0.05, 0) is 24.6 Å². The summed E-state index contributed by atoms with van der Waals surface area (Å²) in [5, 5.41) is 7.41. The quantitative estimate of drug-likeness (QED) is 0.735. The lowest BCUT2D eigenvalue weighted by Crippen LogP contribution is -2.38. The van der Waals surface area contributed by atoms with Gasteiger partial charge in [-0.25, -0.2) is 0 Å². The van der Waals surface area contributed by atoms with Gasteiger partial charge in [0.2, 0.25) is 0 Å². The Labute approximate surface area is 160 Å². The lowest BCUT2D eigenvalue weighted by molar-refractivity contribution is 0.296. The Hall–Kier alpha value is -2.10. The summed E-state index contributed by atoms with van der Waals surface area (Å²) in [6.45, 7) is 1.47.